The Morgan fingerprint density at radius 2 is 1.58 bits per heavy atom. The van der Waals surface area contributed by atoms with E-state index in [4.69, 9.17) is 0 Å². The van der Waals surface area contributed by atoms with E-state index >= 15 is 0 Å². The number of fused-ring (bicyclic) bond motifs is 1. The standard InChI is InChI=1S/C10H7.BrH.Zn/c1-2-6-10-8-4-3-7-9(10)5-1;;/h1-7H;1H;/q-1;;. The molecule has 0 bridgehead atoms. The van der Waals surface area contributed by atoms with Crippen LogP contribution in [0.5, 0.6) is 0 Å². The Morgan fingerprint density at radius 3 is 2.33 bits per heavy atom. The van der Waals surface area contributed by atoms with E-state index in [1.807, 2.05) is 24.3 Å². The average molecular weight is 273 g/mol. The van der Waals surface area contributed by atoms with Gasteiger partial charge in [0.2, 0.25) is 0 Å². The molecule has 2 rings (SSSR count). The SMILES string of the molecule is Br.[Zn].[c-]1cccc2ccccc12. The van der Waals surface area contributed by atoms with Crippen LogP contribution in [0.25, 0.3) is 10.8 Å². The second-order valence-electron chi connectivity index (χ2n) is 2.26. The van der Waals surface area contributed by atoms with Gasteiger partial charge in [-0.3, -0.25) is 0 Å². The monoisotopic (exact) mass is 271 g/mol. The Balaban J connectivity index is 0.000000605. The molecule has 0 aromatic heterocycles. The first-order chi connectivity index (χ1) is 4.97. The van der Waals surface area contributed by atoms with Crippen LogP contribution in [-0.4, -0.2) is 0 Å². The summed E-state index contributed by atoms with van der Waals surface area (Å²) in [5.74, 6) is 0. The Hall–Kier alpha value is -0.197. The maximum Gasteiger partial charge on any atom is 0 e. The van der Waals surface area contributed by atoms with Gasteiger partial charge in [-0.15, -0.1) is 64.2 Å². The summed E-state index contributed by atoms with van der Waals surface area (Å²) in [4.78, 5) is 0. The van der Waals surface area contributed by atoms with Gasteiger partial charge in [-0.25, -0.2) is 0 Å². The average Bonchev–Trinajstić information content (AvgIpc) is 2.05. The molecule has 0 amide bonds. The zero-order chi connectivity index (χ0) is 6.81. The van der Waals surface area contributed by atoms with Gasteiger partial charge in [0.1, 0.15) is 0 Å². The topological polar surface area (TPSA) is 0 Å². The predicted molar refractivity (Wildman–Crippen MR) is 53.1 cm³/mol. The number of halogens is 1. The Bertz CT molecular complexity index is 281. The summed E-state index contributed by atoms with van der Waals surface area (Å²) in [7, 11) is 0. The molecule has 0 saturated heterocycles. The van der Waals surface area contributed by atoms with Crippen molar-refractivity contribution in [2.45, 2.75) is 0 Å². The fraction of sp³-hybridized carbons (Fsp3) is 0. The minimum atomic E-state index is 0. The van der Waals surface area contributed by atoms with Gasteiger partial charge in [-0.2, -0.15) is 0 Å². The van der Waals surface area contributed by atoms with Crippen molar-refractivity contribution >= 4 is 27.8 Å². The zero-order valence-electron chi connectivity index (χ0n) is 6.66. The largest absolute Gasteiger partial charge is 0.147 e. The van der Waals surface area contributed by atoms with Crippen LogP contribution in [0, 0.1) is 6.07 Å². The van der Waals surface area contributed by atoms with E-state index in [1.165, 1.54) is 10.8 Å². The van der Waals surface area contributed by atoms with Crippen molar-refractivity contribution in [2.24, 2.45) is 0 Å². The third-order valence-corrected chi connectivity index (χ3v) is 1.57. The van der Waals surface area contributed by atoms with Crippen LogP contribution < -0.4 is 0 Å². The van der Waals surface area contributed by atoms with Crippen LogP contribution in [0.4, 0.5) is 0 Å². The molecule has 0 heterocycles. The zero-order valence-corrected chi connectivity index (χ0v) is 11.3. The second kappa shape index (κ2) is 5.45. The number of rotatable bonds is 0. The van der Waals surface area contributed by atoms with Gasteiger partial charge in [-0.05, 0) is 0 Å². The molecule has 0 saturated carbocycles. The molecule has 0 radical (unpaired) electrons. The van der Waals surface area contributed by atoms with Crippen LogP contribution in [0.1, 0.15) is 0 Å². The summed E-state index contributed by atoms with van der Waals surface area (Å²) in [6.45, 7) is 0. The van der Waals surface area contributed by atoms with Gasteiger partial charge >= 0.3 is 0 Å². The van der Waals surface area contributed by atoms with Gasteiger partial charge in [0.15, 0.2) is 0 Å². The Labute approximate surface area is 95.5 Å². The molecule has 2 aromatic rings. The summed E-state index contributed by atoms with van der Waals surface area (Å²) in [6, 6.07) is 17.4. The summed E-state index contributed by atoms with van der Waals surface area (Å²) in [5, 5.41) is 2.44. The van der Waals surface area contributed by atoms with Crippen molar-refractivity contribution in [1.29, 1.82) is 0 Å². The molecule has 12 heavy (non-hydrogen) atoms. The first-order valence-electron chi connectivity index (χ1n) is 3.32. The van der Waals surface area contributed by atoms with E-state index in [-0.39, 0.29) is 36.5 Å². The van der Waals surface area contributed by atoms with E-state index in [0.717, 1.165) is 0 Å². The molecular formula is C10H8BrZn-. The summed E-state index contributed by atoms with van der Waals surface area (Å²) in [5.41, 5.74) is 0. The van der Waals surface area contributed by atoms with E-state index in [1.54, 1.807) is 0 Å². The molecule has 0 aliphatic heterocycles. The molecule has 0 unspecified atom stereocenters. The molecule has 0 N–H and O–H groups in total. The van der Waals surface area contributed by atoms with E-state index in [0.29, 0.717) is 0 Å². The van der Waals surface area contributed by atoms with Crippen LogP contribution in [0.3, 0.4) is 0 Å². The third kappa shape index (κ3) is 2.40. The Kier molecular flexibility index (Phi) is 5.36. The van der Waals surface area contributed by atoms with Crippen LogP contribution in [0.2, 0.25) is 0 Å². The smallest absolute Gasteiger partial charge is 0 e. The van der Waals surface area contributed by atoms with Gasteiger partial charge in [0, 0.05) is 19.5 Å². The van der Waals surface area contributed by atoms with E-state index < -0.39 is 0 Å². The van der Waals surface area contributed by atoms with Gasteiger partial charge < -0.3 is 0 Å². The first-order valence-corrected chi connectivity index (χ1v) is 3.32. The van der Waals surface area contributed by atoms with Crippen molar-refractivity contribution in [1.82, 2.24) is 0 Å². The maximum atomic E-state index is 3.15. The molecule has 0 atom stereocenters. The molecule has 0 aliphatic carbocycles. The minimum absolute atomic E-state index is 0. The van der Waals surface area contributed by atoms with Crippen LogP contribution in [-0.2, 0) is 19.5 Å². The van der Waals surface area contributed by atoms with Crippen molar-refractivity contribution in [3.8, 4) is 0 Å². The number of hydrogen-bond donors (Lipinski definition) is 0. The molecule has 0 nitrogen and oxygen atoms in total. The summed E-state index contributed by atoms with van der Waals surface area (Å²) >= 11 is 0. The minimum Gasteiger partial charge on any atom is -0.147 e. The third-order valence-electron chi connectivity index (χ3n) is 1.57. The molecule has 58 valence electrons. The summed E-state index contributed by atoms with van der Waals surface area (Å²) < 4.78 is 0. The molecular weight excluding hydrogens is 265 g/mol. The molecule has 0 fully saturated rings. The van der Waals surface area contributed by atoms with Crippen LogP contribution in [0.15, 0.2) is 42.5 Å². The quantitative estimate of drug-likeness (QED) is 0.511. The fourth-order valence-corrected chi connectivity index (χ4v) is 1.06. The second-order valence-corrected chi connectivity index (χ2v) is 2.26. The van der Waals surface area contributed by atoms with E-state index in [9.17, 15) is 0 Å². The Morgan fingerprint density at radius 1 is 0.917 bits per heavy atom. The van der Waals surface area contributed by atoms with E-state index in [2.05, 4.69) is 24.3 Å². The first kappa shape index (κ1) is 11.8. The van der Waals surface area contributed by atoms with Crippen molar-refractivity contribution in [3.63, 3.8) is 0 Å². The normalized spacial score (nSPS) is 8.33. The number of benzene rings is 2. The predicted octanol–water partition coefficient (Wildman–Crippen LogP) is 3.22. The molecule has 2 heteroatoms. The molecule has 0 spiro atoms. The molecule has 0 aliphatic rings. The summed E-state index contributed by atoms with van der Waals surface area (Å²) in [6.07, 6.45) is 0. The molecule has 2 aromatic carbocycles. The number of hydrogen-bond acceptors (Lipinski definition) is 0. The van der Waals surface area contributed by atoms with Crippen LogP contribution >= 0.6 is 17.0 Å². The van der Waals surface area contributed by atoms with Gasteiger partial charge in [0.25, 0.3) is 0 Å². The van der Waals surface area contributed by atoms with Crippen molar-refractivity contribution in [2.75, 3.05) is 0 Å². The van der Waals surface area contributed by atoms with Crippen molar-refractivity contribution in [3.05, 3.63) is 48.5 Å². The maximum absolute atomic E-state index is 3.15. The fourth-order valence-electron chi connectivity index (χ4n) is 1.06. The van der Waals surface area contributed by atoms with Gasteiger partial charge in [-0.1, -0.05) is 12.1 Å². The van der Waals surface area contributed by atoms with Crippen molar-refractivity contribution < 1.29 is 19.5 Å². The van der Waals surface area contributed by atoms with Gasteiger partial charge in [0.05, 0.1) is 0 Å².